The zero-order chi connectivity index (χ0) is 13.0. The number of rotatable bonds is 5. The Kier molecular flexibility index (Phi) is 4.24. The number of ether oxygens (including phenoxy) is 1. The van der Waals surface area contributed by atoms with Crippen LogP contribution in [0.15, 0.2) is 24.3 Å². The Hall–Kier alpha value is -1.51. The topological polar surface area (TPSA) is 38.3 Å². The third-order valence-electron chi connectivity index (χ3n) is 3.73. The van der Waals surface area contributed by atoms with Crippen LogP contribution in [-0.4, -0.2) is 19.1 Å². The van der Waals surface area contributed by atoms with Crippen molar-refractivity contribution >= 4 is 11.7 Å². The lowest BCUT2D eigenvalue weighted by Gasteiger charge is -2.15. The molecule has 1 aromatic carbocycles. The van der Waals surface area contributed by atoms with Gasteiger partial charge in [-0.15, -0.1) is 0 Å². The number of anilines is 1. The lowest BCUT2D eigenvalue weighted by molar-refractivity contribution is -0.146. The van der Waals surface area contributed by atoms with Crippen LogP contribution in [0.5, 0.6) is 0 Å². The molecule has 0 fully saturated rings. The summed E-state index contributed by atoms with van der Waals surface area (Å²) in [6.07, 6.45) is 2.12. The van der Waals surface area contributed by atoms with Gasteiger partial charge in [0, 0.05) is 12.2 Å². The summed E-state index contributed by atoms with van der Waals surface area (Å²) in [5.41, 5.74) is 2.12. The lowest BCUT2D eigenvalue weighted by atomic mass is 10.0. The van der Waals surface area contributed by atoms with E-state index in [0.29, 0.717) is 19.1 Å². The molecule has 0 amide bonds. The minimum atomic E-state index is -0.143. The van der Waals surface area contributed by atoms with Crippen LogP contribution < -0.4 is 5.32 Å². The summed E-state index contributed by atoms with van der Waals surface area (Å²) >= 11 is 0. The van der Waals surface area contributed by atoms with E-state index in [4.69, 9.17) is 4.74 Å². The second kappa shape index (κ2) is 5.89. The smallest absolute Gasteiger partial charge is 0.315 e. The second-order valence-corrected chi connectivity index (χ2v) is 4.83. The van der Waals surface area contributed by atoms with Crippen LogP contribution in [-0.2, 0) is 9.53 Å². The van der Waals surface area contributed by atoms with Gasteiger partial charge in [0.05, 0.1) is 6.61 Å². The Balaban J connectivity index is 1.95. The highest BCUT2D eigenvalue weighted by Gasteiger charge is 2.29. The van der Waals surface area contributed by atoms with Crippen LogP contribution in [0.4, 0.5) is 5.69 Å². The molecule has 0 saturated heterocycles. The third kappa shape index (κ3) is 2.66. The van der Waals surface area contributed by atoms with Crippen molar-refractivity contribution in [1.29, 1.82) is 0 Å². The first-order chi connectivity index (χ1) is 8.76. The number of nitrogens with one attached hydrogen (secondary N) is 1. The van der Waals surface area contributed by atoms with Gasteiger partial charge in [0.1, 0.15) is 5.92 Å². The number of fused-ring (bicyclic) bond motifs is 1. The maximum absolute atomic E-state index is 12.1. The van der Waals surface area contributed by atoms with E-state index in [-0.39, 0.29) is 11.9 Å². The van der Waals surface area contributed by atoms with Crippen LogP contribution >= 0.6 is 0 Å². The van der Waals surface area contributed by atoms with E-state index in [1.807, 2.05) is 24.3 Å². The molecule has 3 nitrogen and oxygen atoms in total. The standard InChI is InChI=1S/C15H21NO2/c1-3-11(4-2)10-18-15(17)13-9-16-14-8-6-5-7-12(13)14/h5-8,11,13,16H,3-4,9-10H2,1-2H3. The number of hydrogen-bond acceptors (Lipinski definition) is 3. The average molecular weight is 247 g/mol. The SMILES string of the molecule is CCC(CC)COC(=O)C1CNc2ccccc21. The minimum Gasteiger partial charge on any atom is -0.465 e. The van der Waals surface area contributed by atoms with Gasteiger partial charge in [0.15, 0.2) is 0 Å². The summed E-state index contributed by atoms with van der Waals surface area (Å²) in [5.74, 6) is 0.244. The molecule has 0 saturated carbocycles. The van der Waals surface area contributed by atoms with E-state index >= 15 is 0 Å². The summed E-state index contributed by atoms with van der Waals surface area (Å²) in [7, 11) is 0. The van der Waals surface area contributed by atoms with Crippen LogP contribution in [0.1, 0.15) is 38.2 Å². The summed E-state index contributed by atoms with van der Waals surface area (Å²) in [6, 6.07) is 7.94. The van der Waals surface area contributed by atoms with E-state index < -0.39 is 0 Å². The molecule has 2 rings (SSSR count). The summed E-state index contributed by atoms with van der Waals surface area (Å²) in [6.45, 7) is 5.47. The van der Waals surface area contributed by atoms with Crippen molar-refractivity contribution in [3.05, 3.63) is 29.8 Å². The van der Waals surface area contributed by atoms with E-state index in [0.717, 1.165) is 24.1 Å². The molecule has 1 N–H and O–H groups in total. The Morgan fingerprint density at radius 3 is 2.83 bits per heavy atom. The second-order valence-electron chi connectivity index (χ2n) is 4.83. The average Bonchev–Trinajstić information content (AvgIpc) is 2.83. The van der Waals surface area contributed by atoms with Crippen molar-refractivity contribution in [3.63, 3.8) is 0 Å². The molecular formula is C15H21NO2. The molecule has 1 heterocycles. The van der Waals surface area contributed by atoms with Crippen LogP contribution in [0.2, 0.25) is 0 Å². The molecule has 1 aromatic rings. The van der Waals surface area contributed by atoms with Crippen molar-refractivity contribution in [1.82, 2.24) is 0 Å². The highest BCUT2D eigenvalue weighted by Crippen LogP contribution is 2.31. The fourth-order valence-corrected chi connectivity index (χ4v) is 2.32. The minimum absolute atomic E-state index is 0.0978. The molecule has 18 heavy (non-hydrogen) atoms. The Labute approximate surface area is 109 Å². The van der Waals surface area contributed by atoms with Gasteiger partial charge in [-0.2, -0.15) is 0 Å². The molecular weight excluding hydrogens is 226 g/mol. The van der Waals surface area contributed by atoms with Crippen molar-refractivity contribution in [2.75, 3.05) is 18.5 Å². The molecule has 1 aliphatic heterocycles. The molecule has 1 aliphatic rings. The van der Waals surface area contributed by atoms with Crippen LogP contribution in [0.3, 0.4) is 0 Å². The van der Waals surface area contributed by atoms with E-state index in [9.17, 15) is 4.79 Å². The highest BCUT2D eigenvalue weighted by molar-refractivity contribution is 5.83. The zero-order valence-electron chi connectivity index (χ0n) is 11.1. The lowest BCUT2D eigenvalue weighted by Crippen LogP contribution is -2.20. The van der Waals surface area contributed by atoms with E-state index in [1.54, 1.807) is 0 Å². The van der Waals surface area contributed by atoms with Gasteiger partial charge >= 0.3 is 5.97 Å². The van der Waals surface area contributed by atoms with Gasteiger partial charge < -0.3 is 10.1 Å². The van der Waals surface area contributed by atoms with Gasteiger partial charge in [-0.05, 0) is 17.5 Å². The predicted octanol–water partition coefficient (Wildman–Crippen LogP) is 3.18. The maximum atomic E-state index is 12.1. The number of carbonyl (C=O) groups is 1. The fraction of sp³-hybridized carbons (Fsp3) is 0.533. The molecule has 0 radical (unpaired) electrons. The zero-order valence-corrected chi connectivity index (χ0v) is 11.1. The summed E-state index contributed by atoms with van der Waals surface area (Å²) in [5, 5.41) is 3.25. The van der Waals surface area contributed by atoms with Crippen LogP contribution in [0, 0.1) is 5.92 Å². The number of carbonyl (C=O) groups excluding carboxylic acids is 1. The quantitative estimate of drug-likeness (QED) is 0.812. The first-order valence-corrected chi connectivity index (χ1v) is 6.75. The first kappa shape index (κ1) is 12.9. The largest absolute Gasteiger partial charge is 0.465 e. The van der Waals surface area contributed by atoms with Crippen molar-refractivity contribution in [3.8, 4) is 0 Å². The number of esters is 1. The van der Waals surface area contributed by atoms with Gasteiger partial charge in [-0.3, -0.25) is 4.79 Å². The normalized spacial score (nSPS) is 17.4. The molecule has 0 bridgehead atoms. The van der Waals surface area contributed by atoms with Gasteiger partial charge in [0.2, 0.25) is 0 Å². The Morgan fingerprint density at radius 2 is 2.11 bits per heavy atom. The molecule has 0 aliphatic carbocycles. The van der Waals surface area contributed by atoms with E-state index in [1.165, 1.54) is 0 Å². The summed E-state index contributed by atoms with van der Waals surface area (Å²) in [4.78, 5) is 12.1. The van der Waals surface area contributed by atoms with Crippen molar-refractivity contribution in [2.45, 2.75) is 32.6 Å². The molecule has 0 aromatic heterocycles. The predicted molar refractivity (Wildman–Crippen MR) is 72.7 cm³/mol. The fourth-order valence-electron chi connectivity index (χ4n) is 2.32. The van der Waals surface area contributed by atoms with E-state index in [2.05, 4.69) is 19.2 Å². The van der Waals surface area contributed by atoms with Crippen molar-refractivity contribution < 1.29 is 9.53 Å². The number of hydrogen-bond donors (Lipinski definition) is 1. The van der Waals surface area contributed by atoms with Crippen molar-refractivity contribution in [2.24, 2.45) is 5.92 Å². The summed E-state index contributed by atoms with van der Waals surface area (Å²) < 4.78 is 5.45. The third-order valence-corrected chi connectivity index (χ3v) is 3.73. The molecule has 3 heteroatoms. The monoisotopic (exact) mass is 247 g/mol. The molecule has 0 spiro atoms. The van der Waals surface area contributed by atoms with Gasteiger partial charge in [0.25, 0.3) is 0 Å². The van der Waals surface area contributed by atoms with Gasteiger partial charge in [-0.25, -0.2) is 0 Å². The molecule has 1 unspecified atom stereocenters. The van der Waals surface area contributed by atoms with Gasteiger partial charge in [-0.1, -0.05) is 44.9 Å². The number of benzene rings is 1. The Morgan fingerprint density at radius 1 is 1.39 bits per heavy atom. The first-order valence-electron chi connectivity index (χ1n) is 6.75. The Bertz CT molecular complexity index is 413. The molecule has 1 atom stereocenters. The number of para-hydroxylation sites is 1. The molecule has 98 valence electrons. The van der Waals surface area contributed by atoms with Crippen LogP contribution in [0.25, 0.3) is 0 Å². The highest BCUT2D eigenvalue weighted by atomic mass is 16.5. The maximum Gasteiger partial charge on any atom is 0.315 e.